The van der Waals surface area contributed by atoms with E-state index in [9.17, 15) is 4.79 Å². The Bertz CT molecular complexity index is 524. The molecule has 90 valence electrons. The highest BCUT2D eigenvalue weighted by molar-refractivity contribution is 5.67. The molecule has 0 aromatic heterocycles. The summed E-state index contributed by atoms with van der Waals surface area (Å²) in [6.45, 7) is 0.202. The van der Waals surface area contributed by atoms with Crippen LogP contribution in [0.1, 0.15) is 5.56 Å². The fourth-order valence-electron chi connectivity index (χ4n) is 1.34. The van der Waals surface area contributed by atoms with Crippen LogP contribution < -0.4 is 0 Å². The van der Waals surface area contributed by atoms with Crippen LogP contribution >= 0.6 is 0 Å². The molecule has 0 atom stereocenters. The lowest BCUT2D eigenvalue weighted by molar-refractivity contribution is 0.149. The van der Waals surface area contributed by atoms with Crippen LogP contribution in [0.2, 0.25) is 0 Å². The smallest absolute Gasteiger partial charge is 0.442 e. The molecule has 0 bridgehead atoms. The van der Waals surface area contributed by atoms with Crippen molar-refractivity contribution in [1.82, 2.24) is 0 Å². The second-order valence-corrected chi connectivity index (χ2v) is 3.58. The molecule has 1 amide bonds. The van der Waals surface area contributed by atoms with Crippen LogP contribution in [0.5, 0.6) is 0 Å². The van der Waals surface area contributed by atoms with Crippen molar-refractivity contribution in [3.63, 3.8) is 0 Å². The standard InChI is InChI=1S/C14H12N2O2/c17-14(16-15-13-9-5-2-6-10-13)18-11-12-7-3-1-4-8-12/h1-10H,11H2. The molecular weight excluding hydrogens is 228 g/mol. The van der Waals surface area contributed by atoms with E-state index in [0.717, 1.165) is 5.56 Å². The number of hydrogen-bond donors (Lipinski definition) is 0. The Balaban J connectivity index is 1.84. The molecule has 2 aromatic carbocycles. The highest BCUT2D eigenvalue weighted by atomic mass is 16.5. The third-order valence-electron chi connectivity index (χ3n) is 2.21. The largest absolute Gasteiger partial charge is 0.452 e. The Labute approximate surface area is 105 Å². The Hall–Kier alpha value is -2.49. The van der Waals surface area contributed by atoms with Crippen LogP contribution in [0.15, 0.2) is 70.9 Å². The second-order valence-electron chi connectivity index (χ2n) is 3.58. The van der Waals surface area contributed by atoms with Gasteiger partial charge in [0, 0.05) is 0 Å². The van der Waals surface area contributed by atoms with Crippen molar-refractivity contribution >= 4 is 11.8 Å². The fourth-order valence-corrected chi connectivity index (χ4v) is 1.34. The van der Waals surface area contributed by atoms with Gasteiger partial charge in [-0.2, -0.15) is 0 Å². The SMILES string of the molecule is O=C(N=Nc1ccccc1)OCc1ccccc1. The van der Waals surface area contributed by atoms with Gasteiger partial charge in [0.2, 0.25) is 0 Å². The zero-order chi connectivity index (χ0) is 12.6. The molecule has 2 rings (SSSR count). The first kappa shape index (κ1) is 12.0. The molecule has 0 radical (unpaired) electrons. The predicted molar refractivity (Wildman–Crippen MR) is 67.6 cm³/mol. The van der Waals surface area contributed by atoms with Crippen molar-refractivity contribution in [3.8, 4) is 0 Å². The van der Waals surface area contributed by atoms with E-state index < -0.39 is 6.09 Å². The van der Waals surface area contributed by atoms with Gasteiger partial charge in [0.1, 0.15) is 6.61 Å². The molecule has 0 aliphatic carbocycles. The lowest BCUT2D eigenvalue weighted by atomic mass is 10.2. The zero-order valence-electron chi connectivity index (χ0n) is 9.69. The summed E-state index contributed by atoms with van der Waals surface area (Å²) in [5.41, 5.74) is 1.54. The number of carbonyl (C=O) groups is 1. The van der Waals surface area contributed by atoms with Crippen LogP contribution in [0.4, 0.5) is 10.5 Å². The average molecular weight is 240 g/mol. The normalized spacial score (nSPS) is 10.4. The topological polar surface area (TPSA) is 51.0 Å². The minimum atomic E-state index is -0.692. The Morgan fingerprint density at radius 2 is 1.56 bits per heavy atom. The van der Waals surface area contributed by atoms with Gasteiger partial charge in [-0.05, 0) is 17.7 Å². The molecule has 0 N–H and O–H groups in total. The molecular formula is C14H12N2O2. The van der Waals surface area contributed by atoms with Crippen LogP contribution in [-0.4, -0.2) is 6.09 Å². The highest BCUT2D eigenvalue weighted by Gasteiger charge is 2.00. The minimum absolute atomic E-state index is 0.202. The number of rotatable bonds is 3. The van der Waals surface area contributed by atoms with Crippen LogP contribution in [0.25, 0.3) is 0 Å². The first-order valence-corrected chi connectivity index (χ1v) is 5.52. The first-order chi connectivity index (χ1) is 8.84. The maximum atomic E-state index is 11.3. The van der Waals surface area contributed by atoms with E-state index >= 15 is 0 Å². The van der Waals surface area contributed by atoms with Gasteiger partial charge >= 0.3 is 6.09 Å². The van der Waals surface area contributed by atoms with Gasteiger partial charge in [-0.1, -0.05) is 53.6 Å². The maximum Gasteiger partial charge on any atom is 0.452 e. The van der Waals surface area contributed by atoms with Crippen LogP contribution in [0, 0.1) is 0 Å². The van der Waals surface area contributed by atoms with Gasteiger partial charge in [0.15, 0.2) is 0 Å². The van der Waals surface area contributed by atoms with E-state index in [4.69, 9.17) is 4.74 Å². The number of ether oxygens (including phenoxy) is 1. The van der Waals surface area contributed by atoms with Gasteiger partial charge in [0.05, 0.1) is 5.69 Å². The molecule has 0 aliphatic rings. The first-order valence-electron chi connectivity index (χ1n) is 5.52. The van der Waals surface area contributed by atoms with Crippen LogP contribution in [0.3, 0.4) is 0 Å². The molecule has 0 saturated heterocycles. The van der Waals surface area contributed by atoms with Crippen molar-refractivity contribution in [2.45, 2.75) is 6.61 Å². The minimum Gasteiger partial charge on any atom is -0.442 e. The van der Waals surface area contributed by atoms with E-state index in [1.54, 1.807) is 12.1 Å². The van der Waals surface area contributed by atoms with Gasteiger partial charge in [-0.15, -0.1) is 5.11 Å². The molecule has 0 aliphatic heterocycles. The summed E-state index contributed by atoms with van der Waals surface area (Å²) < 4.78 is 4.95. The molecule has 2 aromatic rings. The average Bonchev–Trinajstić information content (AvgIpc) is 2.45. The number of carbonyl (C=O) groups excluding carboxylic acids is 1. The molecule has 0 saturated carbocycles. The summed E-state index contributed by atoms with van der Waals surface area (Å²) in [6, 6.07) is 18.5. The molecule has 0 unspecified atom stereocenters. The third-order valence-corrected chi connectivity index (χ3v) is 2.21. The summed E-state index contributed by atoms with van der Waals surface area (Å²) in [5, 5.41) is 7.24. The molecule has 4 heteroatoms. The Kier molecular flexibility index (Phi) is 4.19. The summed E-state index contributed by atoms with van der Waals surface area (Å²) in [7, 11) is 0. The lowest BCUT2D eigenvalue weighted by Crippen LogP contribution is -1.97. The van der Waals surface area contributed by atoms with Crippen molar-refractivity contribution in [3.05, 3.63) is 66.2 Å². The van der Waals surface area contributed by atoms with Gasteiger partial charge < -0.3 is 4.74 Å². The summed E-state index contributed by atoms with van der Waals surface area (Å²) in [6.07, 6.45) is -0.692. The van der Waals surface area contributed by atoms with E-state index in [-0.39, 0.29) is 6.61 Å². The van der Waals surface area contributed by atoms with E-state index in [0.29, 0.717) is 5.69 Å². The quantitative estimate of drug-likeness (QED) is 0.758. The summed E-state index contributed by atoms with van der Waals surface area (Å²) in [5.74, 6) is 0. The molecule has 4 nitrogen and oxygen atoms in total. The van der Waals surface area contributed by atoms with Crippen molar-refractivity contribution in [1.29, 1.82) is 0 Å². The molecule has 0 spiro atoms. The molecule has 18 heavy (non-hydrogen) atoms. The monoisotopic (exact) mass is 240 g/mol. The zero-order valence-corrected chi connectivity index (χ0v) is 9.69. The van der Waals surface area contributed by atoms with E-state index in [1.807, 2.05) is 48.5 Å². The Morgan fingerprint density at radius 3 is 2.22 bits per heavy atom. The predicted octanol–water partition coefficient (Wildman–Crippen LogP) is 4.11. The maximum absolute atomic E-state index is 11.3. The van der Waals surface area contributed by atoms with Crippen LogP contribution in [-0.2, 0) is 11.3 Å². The number of azo groups is 1. The number of hydrogen-bond acceptors (Lipinski definition) is 3. The molecule has 0 heterocycles. The number of nitrogens with zero attached hydrogens (tertiary/aromatic N) is 2. The summed E-state index contributed by atoms with van der Waals surface area (Å²) >= 11 is 0. The fraction of sp³-hybridized carbons (Fsp3) is 0.0714. The Morgan fingerprint density at radius 1 is 0.944 bits per heavy atom. The van der Waals surface area contributed by atoms with Crippen molar-refractivity contribution in [2.24, 2.45) is 10.2 Å². The van der Waals surface area contributed by atoms with Crippen molar-refractivity contribution in [2.75, 3.05) is 0 Å². The lowest BCUT2D eigenvalue weighted by Gasteiger charge is -2.00. The van der Waals surface area contributed by atoms with Gasteiger partial charge in [0.25, 0.3) is 0 Å². The van der Waals surface area contributed by atoms with Gasteiger partial charge in [-0.25, -0.2) is 4.79 Å². The van der Waals surface area contributed by atoms with Crippen molar-refractivity contribution < 1.29 is 9.53 Å². The highest BCUT2D eigenvalue weighted by Crippen LogP contribution is 2.10. The van der Waals surface area contributed by atoms with E-state index in [2.05, 4.69) is 10.2 Å². The van der Waals surface area contributed by atoms with E-state index in [1.165, 1.54) is 0 Å². The third kappa shape index (κ3) is 3.83. The van der Waals surface area contributed by atoms with Gasteiger partial charge in [-0.3, -0.25) is 0 Å². The number of benzene rings is 2. The molecule has 0 fully saturated rings. The second kappa shape index (κ2) is 6.30. The number of amides is 1. The summed E-state index contributed by atoms with van der Waals surface area (Å²) in [4.78, 5) is 11.3.